The molecule has 3 heteroatoms. The van der Waals surface area contributed by atoms with E-state index in [1.165, 1.54) is 0 Å². The Hall–Kier alpha value is -0.540. The Labute approximate surface area is 80.8 Å². The third kappa shape index (κ3) is 3.24. The zero-order valence-electron chi connectivity index (χ0n) is 7.06. The number of hydrogen-bond acceptors (Lipinski definition) is 2. The van der Waals surface area contributed by atoms with Crippen LogP contribution >= 0.6 is 15.9 Å². The van der Waals surface area contributed by atoms with Gasteiger partial charge >= 0.3 is 0 Å². The summed E-state index contributed by atoms with van der Waals surface area (Å²) in [4.78, 5) is 0. The number of halogens is 1. The molecule has 2 nitrogen and oxygen atoms in total. The molecular weight excluding hydrogens is 218 g/mol. The third-order valence-corrected chi connectivity index (χ3v) is 1.78. The van der Waals surface area contributed by atoms with E-state index >= 15 is 0 Å². The van der Waals surface area contributed by atoms with Crippen molar-refractivity contribution in [2.75, 3.05) is 6.54 Å². The van der Waals surface area contributed by atoms with E-state index in [9.17, 15) is 0 Å². The normalized spacial score (nSPS) is 10.2. The van der Waals surface area contributed by atoms with Crippen molar-refractivity contribution < 1.29 is 4.42 Å². The molecule has 1 rings (SSSR count). The van der Waals surface area contributed by atoms with Crippen molar-refractivity contribution >= 4 is 15.9 Å². The van der Waals surface area contributed by atoms with E-state index in [-0.39, 0.29) is 0 Å². The predicted octanol–water partition coefficient (Wildman–Crippen LogP) is 2.71. The maximum absolute atomic E-state index is 5.29. The lowest BCUT2D eigenvalue weighted by atomic mass is 10.3. The van der Waals surface area contributed by atoms with Crippen LogP contribution in [0.2, 0.25) is 0 Å². The third-order valence-electron chi connectivity index (χ3n) is 1.35. The standard InChI is InChI=1S/C9H12BrNO/c1-7(2)5-11-6-8-3-4-9(10)12-8/h3-4,11H,1,5-6H2,2H3. The summed E-state index contributed by atoms with van der Waals surface area (Å²) in [5, 5.41) is 3.20. The highest BCUT2D eigenvalue weighted by atomic mass is 79.9. The lowest BCUT2D eigenvalue weighted by Gasteiger charge is -2.00. The molecule has 0 aliphatic carbocycles. The molecular formula is C9H12BrNO. The first kappa shape index (κ1) is 9.55. The van der Waals surface area contributed by atoms with Gasteiger partial charge < -0.3 is 9.73 Å². The van der Waals surface area contributed by atoms with Crippen LogP contribution in [0, 0.1) is 0 Å². The van der Waals surface area contributed by atoms with Crippen LogP contribution in [0.15, 0.2) is 33.4 Å². The molecule has 0 aromatic carbocycles. The molecule has 1 N–H and O–H groups in total. The van der Waals surface area contributed by atoms with Crippen LogP contribution in [0.5, 0.6) is 0 Å². The summed E-state index contributed by atoms with van der Waals surface area (Å²) in [6.07, 6.45) is 0. The lowest BCUT2D eigenvalue weighted by Crippen LogP contribution is -2.14. The quantitative estimate of drug-likeness (QED) is 0.804. The molecule has 1 aromatic rings. The molecule has 66 valence electrons. The van der Waals surface area contributed by atoms with Gasteiger partial charge in [0.2, 0.25) is 0 Å². The fourth-order valence-electron chi connectivity index (χ4n) is 0.846. The first-order valence-electron chi connectivity index (χ1n) is 3.78. The second kappa shape index (κ2) is 4.48. The van der Waals surface area contributed by atoms with Crippen molar-refractivity contribution in [1.82, 2.24) is 5.32 Å². The van der Waals surface area contributed by atoms with Crippen molar-refractivity contribution in [2.45, 2.75) is 13.5 Å². The summed E-state index contributed by atoms with van der Waals surface area (Å²) in [6.45, 7) is 7.36. The zero-order chi connectivity index (χ0) is 8.97. The minimum Gasteiger partial charge on any atom is -0.453 e. The highest BCUT2D eigenvalue weighted by molar-refractivity contribution is 9.10. The van der Waals surface area contributed by atoms with Gasteiger partial charge in [-0.1, -0.05) is 12.2 Å². The molecule has 0 radical (unpaired) electrons. The lowest BCUT2D eigenvalue weighted by molar-refractivity contribution is 0.470. The molecule has 0 amide bonds. The minimum absolute atomic E-state index is 0.748. The van der Waals surface area contributed by atoms with Crippen LogP contribution in [-0.2, 0) is 6.54 Å². The van der Waals surface area contributed by atoms with Gasteiger partial charge in [0.15, 0.2) is 4.67 Å². The van der Waals surface area contributed by atoms with E-state index in [1.54, 1.807) is 0 Å². The summed E-state index contributed by atoms with van der Waals surface area (Å²) in [5.41, 5.74) is 1.13. The van der Waals surface area contributed by atoms with Crippen molar-refractivity contribution in [3.63, 3.8) is 0 Å². The van der Waals surface area contributed by atoms with Gasteiger partial charge in [0.05, 0.1) is 6.54 Å². The van der Waals surface area contributed by atoms with Crippen LogP contribution in [0.3, 0.4) is 0 Å². The Bertz CT molecular complexity index is 267. The molecule has 1 aromatic heterocycles. The van der Waals surface area contributed by atoms with E-state index in [0.717, 1.165) is 29.1 Å². The summed E-state index contributed by atoms with van der Waals surface area (Å²) < 4.78 is 6.06. The maximum atomic E-state index is 5.29. The highest BCUT2D eigenvalue weighted by Gasteiger charge is 1.97. The molecule has 12 heavy (non-hydrogen) atoms. The Kier molecular flexibility index (Phi) is 3.56. The highest BCUT2D eigenvalue weighted by Crippen LogP contribution is 2.13. The van der Waals surface area contributed by atoms with Gasteiger partial charge in [-0.2, -0.15) is 0 Å². The molecule has 0 atom stereocenters. The second-order valence-electron chi connectivity index (χ2n) is 2.77. The van der Waals surface area contributed by atoms with Crippen LogP contribution in [0.25, 0.3) is 0 Å². The van der Waals surface area contributed by atoms with Gasteiger partial charge in [0.1, 0.15) is 5.76 Å². The molecule has 0 spiro atoms. The summed E-state index contributed by atoms with van der Waals surface area (Å²) in [7, 11) is 0. The Balaban J connectivity index is 2.29. The number of furan rings is 1. The van der Waals surface area contributed by atoms with Gasteiger partial charge in [-0.15, -0.1) is 0 Å². The average Bonchev–Trinajstić information content (AvgIpc) is 2.35. The molecule has 0 aliphatic rings. The first-order valence-corrected chi connectivity index (χ1v) is 4.57. The predicted molar refractivity (Wildman–Crippen MR) is 52.9 cm³/mol. The van der Waals surface area contributed by atoms with E-state index in [4.69, 9.17) is 4.42 Å². The SMILES string of the molecule is C=C(C)CNCc1ccc(Br)o1. The number of rotatable bonds is 4. The molecule has 1 heterocycles. The van der Waals surface area contributed by atoms with Crippen LogP contribution in [-0.4, -0.2) is 6.54 Å². The van der Waals surface area contributed by atoms with E-state index < -0.39 is 0 Å². The van der Waals surface area contributed by atoms with Crippen LogP contribution in [0.1, 0.15) is 12.7 Å². The summed E-state index contributed by atoms with van der Waals surface area (Å²) in [6, 6.07) is 3.83. The summed E-state index contributed by atoms with van der Waals surface area (Å²) in [5.74, 6) is 0.933. The molecule has 0 unspecified atom stereocenters. The Morgan fingerprint density at radius 2 is 2.42 bits per heavy atom. The summed E-state index contributed by atoms with van der Waals surface area (Å²) >= 11 is 3.24. The number of hydrogen-bond donors (Lipinski definition) is 1. The van der Waals surface area contributed by atoms with E-state index in [2.05, 4.69) is 27.8 Å². The molecule has 0 aliphatic heterocycles. The fourth-order valence-corrected chi connectivity index (χ4v) is 1.19. The molecule has 0 fully saturated rings. The van der Waals surface area contributed by atoms with E-state index in [0.29, 0.717) is 0 Å². The minimum atomic E-state index is 0.748. The molecule has 0 bridgehead atoms. The number of nitrogens with one attached hydrogen (secondary N) is 1. The van der Waals surface area contributed by atoms with Gasteiger partial charge in [0.25, 0.3) is 0 Å². The monoisotopic (exact) mass is 229 g/mol. The molecule has 0 saturated carbocycles. The van der Waals surface area contributed by atoms with Crippen molar-refractivity contribution in [1.29, 1.82) is 0 Å². The Morgan fingerprint density at radius 3 is 2.92 bits per heavy atom. The zero-order valence-corrected chi connectivity index (χ0v) is 8.65. The van der Waals surface area contributed by atoms with Gasteiger partial charge in [0, 0.05) is 6.54 Å². The Morgan fingerprint density at radius 1 is 1.67 bits per heavy atom. The topological polar surface area (TPSA) is 25.2 Å². The molecule has 0 saturated heterocycles. The van der Waals surface area contributed by atoms with Crippen molar-refractivity contribution in [3.05, 3.63) is 34.7 Å². The van der Waals surface area contributed by atoms with Crippen molar-refractivity contribution in [3.8, 4) is 0 Å². The first-order chi connectivity index (χ1) is 5.68. The maximum Gasteiger partial charge on any atom is 0.169 e. The second-order valence-corrected chi connectivity index (χ2v) is 3.55. The van der Waals surface area contributed by atoms with Crippen molar-refractivity contribution in [2.24, 2.45) is 0 Å². The largest absolute Gasteiger partial charge is 0.453 e. The van der Waals surface area contributed by atoms with Crippen LogP contribution in [0.4, 0.5) is 0 Å². The van der Waals surface area contributed by atoms with E-state index in [1.807, 2.05) is 19.1 Å². The average molecular weight is 230 g/mol. The van der Waals surface area contributed by atoms with Gasteiger partial charge in [-0.3, -0.25) is 0 Å². The fraction of sp³-hybridized carbons (Fsp3) is 0.333. The van der Waals surface area contributed by atoms with Crippen LogP contribution < -0.4 is 5.32 Å². The smallest absolute Gasteiger partial charge is 0.169 e. The van der Waals surface area contributed by atoms with Gasteiger partial charge in [-0.05, 0) is 35.0 Å². The van der Waals surface area contributed by atoms with Gasteiger partial charge in [-0.25, -0.2) is 0 Å².